The van der Waals surface area contributed by atoms with Gasteiger partial charge in [0.1, 0.15) is 16.5 Å². The van der Waals surface area contributed by atoms with Crippen LogP contribution in [-0.2, 0) is 14.8 Å². The van der Waals surface area contributed by atoms with Crippen molar-refractivity contribution >= 4 is 15.9 Å². The Morgan fingerprint density at radius 2 is 1.84 bits per heavy atom. The molecule has 0 aromatic heterocycles. The monoisotopic (exact) mass is 375 g/mol. The second kappa shape index (κ2) is 8.20. The molecule has 0 unspecified atom stereocenters. The molecule has 1 aliphatic rings. The Morgan fingerprint density at radius 1 is 1.20 bits per heavy atom. The smallest absolute Gasteiger partial charge is 0.246 e. The van der Waals surface area contributed by atoms with Gasteiger partial charge < -0.3 is 5.32 Å². The molecule has 1 aromatic carbocycles. The van der Waals surface area contributed by atoms with Gasteiger partial charge in [-0.2, -0.15) is 4.31 Å². The van der Waals surface area contributed by atoms with Gasteiger partial charge in [-0.3, -0.25) is 9.69 Å². The van der Waals surface area contributed by atoms with E-state index < -0.39 is 26.6 Å². The largest absolute Gasteiger partial charge is 0.355 e. The highest BCUT2D eigenvalue weighted by Gasteiger charge is 2.31. The minimum atomic E-state index is -4.02. The summed E-state index contributed by atoms with van der Waals surface area (Å²) in [6, 6.07) is 2.42. The summed E-state index contributed by atoms with van der Waals surface area (Å²) in [4.78, 5) is 13.1. The fraction of sp³-hybridized carbons (Fsp3) is 0.562. The second-order valence-electron chi connectivity index (χ2n) is 6.45. The van der Waals surface area contributed by atoms with Gasteiger partial charge in [-0.15, -0.1) is 0 Å². The Kier molecular flexibility index (Phi) is 6.47. The molecule has 140 valence electrons. The number of hydrogen-bond donors (Lipinski definition) is 1. The number of sulfonamides is 1. The van der Waals surface area contributed by atoms with Crippen molar-refractivity contribution in [2.75, 3.05) is 39.3 Å². The fourth-order valence-electron chi connectivity index (χ4n) is 2.53. The lowest BCUT2D eigenvalue weighted by Crippen LogP contribution is -2.51. The molecule has 6 nitrogen and oxygen atoms in total. The van der Waals surface area contributed by atoms with Crippen molar-refractivity contribution in [3.8, 4) is 0 Å². The van der Waals surface area contributed by atoms with Crippen LogP contribution in [0.5, 0.6) is 0 Å². The Balaban J connectivity index is 1.94. The van der Waals surface area contributed by atoms with E-state index in [1.165, 1.54) is 0 Å². The molecule has 1 saturated heterocycles. The van der Waals surface area contributed by atoms with E-state index in [0.717, 1.165) is 16.4 Å². The third-order valence-electron chi connectivity index (χ3n) is 3.92. The summed E-state index contributed by atoms with van der Waals surface area (Å²) < 4.78 is 52.9. The van der Waals surface area contributed by atoms with Crippen LogP contribution >= 0.6 is 0 Å². The van der Waals surface area contributed by atoms with E-state index in [4.69, 9.17) is 0 Å². The Hall–Kier alpha value is -1.58. The molecule has 1 fully saturated rings. The molecule has 9 heteroatoms. The second-order valence-corrected chi connectivity index (χ2v) is 8.36. The number of nitrogens with one attached hydrogen (secondary N) is 1. The molecule has 0 radical (unpaired) electrons. The molecule has 0 saturated carbocycles. The lowest BCUT2D eigenvalue weighted by molar-refractivity contribution is -0.122. The predicted octanol–water partition coefficient (Wildman–Crippen LogP) is 1.04. The van der Waals surface area contributed by atoms with Gasteiger partial charge in [-0.1, -0.05) is 13.8 Å². The van der Waals surface area contributed by atoms with Crippen LogP contribution in [0.15, 0.2) is 23.1 Å². The van der Waals surface area contributed by atoms with E-state index in [1.54, 1.807) is 0 Å². The van der Waals surface area contributed by atoms with E-state index in [-0.39, 0.29) is 25.5 Å². The topological polar surface area (TPSA) is 69.7 Å². The normalized spacial score (nSPS) is 17.0. The van der Waals surface area contributed by atoms with E-state index in [0.29, 0.717) is 31.6 Å². The molecule has 0 aliphatic carbocycles. The maximum Gasteiger partial charge on any atom is 0.246 e. The van der Waals surface area contributed by atoms with Gasteiger partial charge in [0, 0.05) is 38.8 Å². The van der Waals surface area contributed by atoms with Gasteiger partial charge >= 0.3 is 0 Å². The minimum Gasteiger partial charge on any atom is -0.355 e. The molecule has 2 rings (SSSR count). The van der Waals surface area contributed by atoms with Crippen LogP contribution in [0, 0.1) is 17.6 Å². The van der Waals surface area contributed by atoms with Crippen molar-refractivity contribution in [1.29, 1.82) is 0 Å². The molecule has 0 spiro atoms. The molecule has 1 amide bonds. The van der Waals surface area contributed by atoms with Crippen LogP contribution in [0.4, 0.5) is 8.78 Å². The van der Waals surface area contributed by atoms with Crippen molar-refractivity contribution in [2.24, 2.45) is 5.92 Å². The predicted molar refractivity (Wildman–Crippen MR) is 89.4 cm³/mol. The van der Waals surface area contributed by atoms with Crippen LogP contribution in [0.1, 0.15) is 13.8 Å². The molecule has 1 aliphatic heterocycles. The summed E-state index contributed by atoms with van der Waals surface area (Å²) in [5, 5.41) is 2.81. The molecule has 1 N–H and O–H groups in total. The summed E-state index contributed by atoms with van der Waals surface area (Å²) >= 11 is 0. The van der Waals surface area contributed by atoms with Crippen molar-refractivity contribution in [2.45, 2.75) is 18.7 Å². The zero-order valence-corrected chi connectivity index (χ0v) is 15.2. The number of amides is 1. The van der Waals surface area contributed by atoms with Crippen LogP contribution in [0.3, 0.4) is 0 Å². The number of halogens is 2. The summed E-state index contributed by atoms with van der Waals surface area (Å²) in [7, 11) is -4.02. The molecular formula is C16H23F2N3O3S. The number of rotatable bonds is 6. The number of hydrogen-bond acceptors (Lipinski definition) is 4. The van der Waals surface area contributed by atoms with Crippen molar-refractivity contribution in [3.05, 3.63) is 29.8 Å². The standard InChI is InChI=1S/C16H23F2N3O3S/c1-12(2)10-19-16(22)11-20-5-7-21(8-6-20)25(23,24)15-4-3-13(17)9-14(15)18/h3-4,9,12H,5-8,10-11H2,1-2H3,(H,19,22). The Bertz CT molecular complexity index is 717. The zero-order chi connectivity index (χ0) is 18.6. The van der Waals surface area contributed by atoms with Crippen LogP contribution in [-0.4, -0.2) is 62.8 Å². The molecular weight excluding hydrogens is 352 g/mol. The first-order chi connectivity index (χ1) is 11.7. The number of piperazine rings is 1. The summed E-state index contributed by atoms with van der Waals surface area (Å²) in [6.45, 7) is 5.83. The molecule has 25 heavy (non-hydrogen) atoms. The maximum atomic E-state index is 13.8. The van der Waals surface area contributed by atoms with Crippen LogP contribution in [0.25, 0.3) is 0 Å². The van der Waals surface area contributed by atoms with Gasteiger partial charge in [0.15, 0.2) is 0 Å². The number of carbonyl (C=O) groups is 1. The van der Waals surface area contributed by atoms with Gasteiger partial charge in [0.2, 0.25) is 15.9 Å². The quantitative estimate of drug-likeness (QED) is 0.807. The number of nitrogens with zero attached hydrogens (tertiary/aromatic N) is 2. The first-order valence-corrected chi connectivity index (χ1v) is 9.58. The Labute approximate surface area is 146 Å². The SMILES string of the molecule is CC(C)CNC(=O)CN1CCN(S(=O)(=O)c2ccc(F)cc2F)CC1. The van der Waals surface area contributed by atoms with E-state index in [2.05, 4.69) is 5.32 Å². The van der Waals surface area contributed by atoms with E-state index in [1.807, 2.05) is 18.7 Å². The van der Waals surface area contributed by atoms with Gasteiger partial charge in [0.25, 0.3) is 0 Å². The number of benzene rings is 1. The van der Waals surface area contributed by atoms with Crippen molar-refractivity contribution < 1.29 is 22.0 Å². The summed E-state index contributed by atoms with van der Waals surface area (Å²) in [5.41, 5.74) is 0. The summed E-state index contributed by atoms with van der Waals surface area (Å²) in [5.74, 6) is -1.67. The highest BCUT2D eigenvalue weighted by Crippen LogP contribution is 2.21. The lowest BCUT2D eigenvalue weighted by atomic mass is 10.2. The highest BCUT2D eigenvalue weighted by atomic mass is 32.2. The van der Waals surface area contributed by atoms with Crippen LogP contribution < -0.4 is 5.32 Å². The summed E-state index contributed by atoms with van der Waals surface area (Å²) in [6.07, 6.45) is 0. The fourth-order valence-corrected chi connectivity index (χ4v) is 4.00. The first-order valence-electron chi connectivity index (χ1n) is 8.14. The molecule has 1 aromatic rings. The Morgan fingerprint density at radius 3 is 2.40 bits per heavy atom. The van der Waals surface area contributed by atoms with Gasteiger partial charge in [-0.05, 0) is 18.1 Å². The highest BCUT2D eigenvalue weighted by molar-refractivity contribution is 7.89. The van der Waals surface area contributed by atoms with Crippen molar-refractivity contribution in [1.82, 2.24) is 14.5 Å². The first kappa shape index (κ1) is 19.7. The lowest BCUT2D eigenvalue weighted by Gasteiger charge is -2.33. The van der Waals surface area contributed by atoms with Gasteiger partial charge in [-0.25, -0.2) is 17.2 Å². The van der Waals surface area contributed by atoms with Crippen molar-refractivity contribution in [3.63, 3.8) is 0 Å². The third-order valence-corrected chi connectivity index (χ3v) is 5.85. The zero-order valence-electron chi connectivity index (χ0n) is 14.3. The van der Waals surface area contributed by atoms with E-state index in [9.17, 15) is 22.0 Å². The molecule has 0 bridgehead atoms. The maximum absolute atomic E-state index is 13.8. The van der Waals surface area contributed by atoms with E-state index >= 15 is 0 Å². The van der Waals surface area contributed by atoms with Crippen LogP contribution in [0.2, 0.25) is 0 Å². The number of carbonyl (C=O) groups excluding carboxylic acids is 1. The third kappa shape index (κ3) is 5.20. The molecule has 0 atom stereocenters. The average Bonchev–Trinajstić information content (AvgIpc) is 2.53. The average molecular weight is 375 g/mol. The minimum absolute atomic E-state index is 0.102. The van der Waals surface area contributed by atoms with Gasteiger partial charge in [0.05, 0.1) is 6.54 Å². The molecule has 1 heterocycles.